The molecule has 4 rings (SSSR count). The van der Waals surface area contributed by atoms with E-state index in [4.69, 9.17) is 14.2 Å². The van der Waals surface area contributed by atoms with Gasteiger partial charge in [0.1, 0.15) is 5.75 Å². The Balaban J connectivity index is 1.38. The molecule has 0 bridgehead atoms. The Morgan fingerprint density at radius 2 is 1.58 bits per heavy atom. The highest BCUT2D eigenvalue weighted by atomic mass is 16.7. The highest BCUT2D eigenvalue weighted by Gasteiger charge is 2.13. The second kappa shape index (κ2) is 8.50. The molecule has 0 saturated heterocycles. The van der Waals surface area contributed by atoms with Crippen molar-refractivity contribution in [2.45, 2.75) is 0 Å². The zero-order chi connectivity index (χ0) is 21.8. The predicted octanol–water partition coefficient (Wildman–Crippen LogP) is 4.44. The first-order chi connectivity index (χ1) is 15.0. The van der Waals surface area contributed by atoms with Gasteiger partial charge in [0.25, 0.3) is 5.69 Å². The van der Waals surface area contributed by atoms with Crippen molar-refractivity contribution >= 4 is 23.5 Å². The van der Waals surface area contributed by atoms with Crippen molar-refractivity contribution in [1.29, 1.82) is 0 Å². The van der Waals surface area contributed by atoms with E-state index in [1.165, 1.54) is 42.5 Å². The van der Waals surface area contributed by atoms with Crippen LogP contribution in [-0.2, 0) is 0 Å². The van der Waals surface area contributed by atoms with E-state index >= 15 is 0 Å². The average Bonchev–Trinajstić information content (AvgIpc) is 3.26. The zero-order valence-electron chi connectivity index (χ0n) is 16.0. The normalized spacial score (nSPS) is 12.0. The number of ether oxygens (including phenoxy) is 3. The summed E-state index contributed by atoms with van der Waals surface area (Å²) in [5.74, 6) is 0.679. The number of carbonyl (C=O) groups excluding carboxylic acids is 2. The molecule has 0 spiro atoms. The molecule has 0 aromatic heterocycles. The van der Waals surface area contributed by atoms with Gasteiger partial charge in [-0.25, -0.2) is 4.79 Å². The van der Waals surface area contributed by atoms with Gasteiger partial charge >= 0.3 is 5.97 Å². The maximum Gasteiger partial charge on any atom is 0.343 e. The molecule has 3 aromatic carbocycles. The molecule has 31 heavy (non-hydrogen) atoms. The van der Waals surface area contributed by atoms with Gasteiger partial charge in [-0.15, -0.1) is 0 Å². The van der Waals surface area contributed by atoms with Crippen LogP contribution < -0.4 is 14.2 Å². The molecule has 154 valence electrons. The van der Waals surface area contributed by atoms with Gasteiger partial charge in [-0.2, -0.15) is 0 Å². The minimum absolute atomic E-state index is 0.117. The molecular weight excluding hydrogens is 402 g/mol. The molecule has 1 aliphatic rings. The van der Waals surface area contributed by atoms with E-state index in [0.29, 0.717) is 17.1 Å². The van der Waals surface area contributed by atoms with Crippen molar-refractivity contribution in [3.05, 3.63) is 99.6 Å². The summed E-state index contributed by atoms with van der Waals surface area (Å²) in [5, 5.41) is 10.7. The summed E-state index contributed by atoms with van der Waals surface area (Å²) in [4.78, 5) is 34.7. The lowest BCUT2D eigenvalue weighted by molar-refractivity contribution is -0.384. The number of allylic oxidation sites excluding steroid dienone is 1. The van der Waals surface area contributed by atoms with E-state index < -0.39 is 10.9 Å². The summed E-state index contributed by atoms with van der Waals surface area (Å²) in [6.07, 6.45) is 3.11. The predicted molar refractivity (Wildman–Crippen MR) is 110 cm³/mol. The molecule has 8 nitrogen and oxygen atoms in total. The van der Waals surface area contributed by atoms with Gasteiger partial charge in [0, 0.05) is 17.7 Å². The van der Waals surface area contributed by atoms with Gasteiger partial charge in [0.05, 0.1) is 10.5 Å². The van der Waals surface area contributed by atoms with Crippen molar-refractivity contribution in [3.63, 3.8) is 0 Å². The number of fused-ring (bicyclic) bond motifs is 1. The summed E-state index contributed by atoms with van der Waals surface area (Å²) in [5.41, 5.74) is 1.28. The molecule has 0 aliphatic carbocycles. The Bertz CT molecular complexity index is 1180. The van der Waals surface area contributed by atoms with Crippen LogP contribution in [0.3, 0.4) is 0 Å². The van der Waals surface area contributed by atoms with E-state index in [2.05, 4.69) is 0 Å². The molecule has 1 heterocycles. The van der Waals surface area contributed by atoms with Crippen LogP contribution in [-0.4, -0.2) is 23.5 Å². The quantitative estimate of drug-likeness (QED) is 0.146. The summed E-state index contributed by atoms with van der Waals surface area (Å²) < 4.78 is 15.8. The topological polar surface area (TPSA) is 105 Å². The summed E-state index contributed by atoms with van der Waals surface area (Å²) >= 11 is 0. The second-order valence-electron chi connectivity index (χ2n) is 6.53. The number of rotatable bonds is 6. The van der Waals surface area contributed by atoms with Crippen LogP contribution in [0.5, 0.6) is 17.2 Å². The first-order valence-corrected chi connectivity index (χ1v) is 9.18. The molecule has 0 fully saturated rings. The van der Waals surface area contributed by atoms with Gasteiger partial charge < -0.3 is 14.2 Å². The number of hydrogen-bond acceptors (Lipinski definition) is 7. The molecule has 0 atom stereocenters. The van der Waals surface area contributed by atoms with Crippen molar-refractivity contribution in [2.75, 3.05) is 6.79 Å². The number of hydrogen-bond donors (Lipinski definition) is 0. The molecular formula is C23H15NO7. The molecule has 0 radical (unpaired) electrons. The largest absolute Gasteiger partial charge is 0.454 e. The van der Waals surface area contributed by atoms with E-state index in [9.17, 15) is 19.7 Å². The van der Waals surface area contributed by atoms with Crippen LogP contribution in [0.25, 0.3) is 6.08 Å². The lowest BCUT2D eigenvalue weighted by atomic mass is 10.1. The number of nitro groups is 1. The van der Waals surface area contributed by atoms with Crippen molar-refractivity contribution in [3.8, 4) is 17.2 Å². The molecule has 0 unspecified atom stereocenters. The SMILES string of the molecule is O=C(C=Cc1ccc2c(c1)OCO2)c1ccc(OC(=O)c2ccc([N+](=O)[O-])cc2)cc1. The molecule has 0 N–H and O–H groups in total. The number of benzene rings is 3. The third kappa shape index (κ3) is 4.59. The van der Waals surface area contributed by atoms with Gasteiger partial charge in [-0.1, -0.05) is 12.1 Å². The van der Waals surface area contributed by atoms with E-state index in [1.807, 2.05) is 6.07 Å². The van der Waals surface area contributed by atoms with Crippen LogP contribution in [0.4, 0.5) is 5.69 Å². The number of non-ortho nitro benzene ring substituents is 1. The molecule has 0 amide bonds. The summed E-state index contributed by atoms with van der Waals surface area (Å²) in [6.45, 7) is 0.183. The van der Waals surface area contributed by atoms with Crippen molar-refractivity contribution in [2.24, 2.45) is 0 Å². The fraction of sp³-hybridized carbons (Fsp3) is 0.0435. The Hall–Kier alpha value is -4.46. The van der Waals surface area contributed by atoms with Gasteiger partial charge in [-0.3, -0.25) is 14.9 Å². The second-order valence-corrected chi connectivity index (χ2v) is 6.53. The monoisotopic (exact) mass is 417 g/mol. The fourth-order valence-corrected chi connectivity index (χ4v) is 2.86. The molecule has 8 heteroatoms. The number of nitrogens with zero attached hydrogens (tertiary/aromatic N) is 1. The van der Waals surface area contributed by atoms with E-state index in [-0.39, 0.29) is 29.6 Å². The maximum atomic E-state index is 12.4. The van der Waals surface area contributed by atoms with E-state index in [1.54, 1.807) is 30.3 Å². The highest BCUT2D eigenvalue weighted by Crippen LogP contribution is 2.32. The summed E-state index contributed by atoms with van der Waals surface area (Å²) in [6, 6.07) is 16.6. The first kappa shape index (κ1) is 19.8. The molecule has 1 aliphatic heterocycles. The molecule has 3 aromatic rings. The van der Waals surface area contributed by atoms with Crippen LogP contribution in [0.15, 0.2) is 72.8 Å². The lowest BCUT2D eigenvalue weighted by Gasteiger charge is -2.05. The number of ketones is 1. The number of esters is 1. The van der Waals surface area contributed by atoms with Crippen LogP contribution in [0, 0.1) is 10.1 Å². The van der Waals surface area contributed by atoms with Crippen LogP contribution in [0.2, 0.25) is 0 Å². The average molecular weight is 417 g/mol. The minimum atomic E-state index is -0.656. The van der Waals surface area contributed by atoms with E-state index in [0.717, 1.165) is 5.56 Å². The van der Waals surface area contributed by atoms with Crippen molar-refractivity contribution in [1.82, 2.24) is 0 Å². The third-order valence-electron chi connectivity index (χ3n) is 4.49. The van der Waals surface area contributed by atoms with Crippen LogP contribution in [0.1, 0.15) is 26.3 Å². The number of nitro benzene ring substituents is 1. The molecule has 0 saturated carbocycles. The smallest absolute Gasteiger partial charge is 0.343 e. The fourth-order valence-electron chi connectivity index (χ4n) is 2.86. The number of carbonyl (C=O) groups is 2. The summed E-state index contributed by atoms with van der Waals surface area (Å²) in [7, 11) is 0. The Morgan fingerprint density at radius 1 is 0.903 bits per heavy atom. The Morgan fingerprint density at radius 3 is 2.29 bits per heavy atom. The minimum Gasteiger partial charge on any atom is -0.454 e. The Kier molecular flexibility index (Phi) is 5.44. The Labute approximate surface area is 176 Å². The first-order valence-electron chi connectivity index (χ1n) is 9.18. The van der Waals surface area contributed by atoms with Gasteiger partial charge in [0.15, 0.2) is 17.3 Å². The highest BCUT2D eigenvalue weighted by molar-refractivity contribution is 6.07. The third-order valence-corrected chi connectivity index (χ3v) is 4.49. The van der Waals surface area contributed by atoms with Crippen LogP contribution >= 0.6 is 0 Å². The standard InChI is InChI=1S/C23H15NO7/c25-20(11-1-15-2-12-21-22(13-15)30-14-29-21)16-5-9-19(10-6-16)31-23(26)17-3-7-18(8-4-17)24(27)28/h1-13H,14H2. The van der Waals surface area contributed by atoms with Crippen molar-refractivity contribution < 1.29 is 28.7 Å². The maximum absolute atomic E-state index is 12.4. The van der Waals surface area contributed by atoms with Gasteiger partial charge in [-0.05, 0) is 60.2 Å². The lowest BCUT2D eigenvalue weighted by Crippen LogP contribution is -2.08. The van der Waals surface area contributed by atoms with Gasteiger partial charge in [0.2, 0.25) is 6.79 Å². The zero-order valence-corrected chi connectivity index (χ0v) is 16.0.